The molecule has 0 aliphatic carbocycles. The summed E-state index contributed by atoms with van der Waals surface area (Å²) in [5.41, 5.74) is 2.11. The SMILES string of the molecule is N#C[C@H](c1ccc([N+](=O)[O-])cc1)[C@H](CC(=O)c1ccccc1)c1ccccc1. The molecule has 0 spiro atoms. The van der Waals surface area contributed by atoms with E-state index in [4.69, 9.17) is 0 Å². The summed E-state index contributed by atoms with van der Waals surface area (Å²) in [5.74, 6) is -1.01. The van der Waals surface area contributed by atoms with Gasteiger partial charge >= 0.3 is 0 Å². The lowest BCUT2D eigenvalue weighted by Crippen LogP contribution is -2.15. The van der Waals surface area contributed by atoms with Gasteiger partial charge in [-0.25, -0.2) is 0 Å². The highest BCUT2D eigenvalue weighted by molar-refractivity contribution is 5.96. The Morgan fingerprint density at radius 3 is 2.00 bits per heavy atom. The molecule has 0 saturated heterocycles. The molecule has 5 nitrogen and oxygen atoms in total. The molecule has 5 heteroatoms. The smallest absolute Gasteiger partial charge is 0.269 e. The lowest BCUT2D eigenvalue weighted by Gasteiger charge is -2.22. The van der Waals surface area contributed by atoms with Crippen molar-refractivity contribution >= 4 is 11.5 Å². The fraction of sp³-hybridized carbons (Fsp3) is 0.130. The van der Waals surface area contributed by atoms with Gasteiger partial charge in [0.15, 0.2) is 5.78 Å². The first-order chi connectivity index (χ1) is 13.6. The molecule has 0 N–H and O–H groups in total. The Morgan fingerprint density at radius 2 is 1.46 bits per heavy atom. The zero-order valence-electron chi connectivity index (χ0n) is 15.1. The molecule has 0 amide bonds. The standard InChI is InChI=1S/C23H18N2O3/c24-16-22(18-11-13-20(14-12-18)25(27)28)21(17-7-3-1-4-8-17)15-23(26)19-9-5-2-6-10-19/h1-14,21-22H,15H2/t21-,22-/m1/s1. The van der Waals surface area contributed by atoms with Crippen LogP contribution in [0.1, 0.15) is 39.7 Å². The average Bonchev–Trinajstić information content (AvgIpc) is 2.75. The Morgan fingerprint density at radius 1 is 0.893 bits per heavy atom. The molecular weight excluding hydrogens is 352 g/mol. The maximum atomic E-state index is 12.8. The minimum Gasteiger partial charge on any atom is -0.294 e. The minimum absolute atomic E-state index is 0.0305. The van der Waals surface area contributed by atoms with Crippen molar-refractivity contribution < 1.29 is 9.72 Å². The molecular formula is C23H18N2O3. The first kappa shape index (κ1) is 19.0. The summed E-state index contributed by atoms with van der Waals surface area (Å²) in [4.78, 5) is 23.3. The van der Waals surface area contributed by atoms with E-state index in [1.54, 1.807) is 24.3 Å². The lowest BCUT2D eigenvalue weighted by molar-refractivity contribution is -0.384. The second-order valence-electron chi connectivity index (χ2n) is 6.47. The van der Waals surface area contributed by atoms with Crippen molar-refractivity contribution in [2.75, 3.05) is 0 Å². The molecule has 0 saturated carbocycles. The van der Waals surface area contributed by atoms with Gasteiger partial charge in [-0.15, -0.1) is 0 Å². The van der Waals surface area contributed by atoms with Crippen LogP contribution in [0.15, 0.2) is 84.9 Å². The van der Waals surface area contributed by atoms with Gasteiger partial charge in [-0.2, -0.15) is 5.26 Å². The van der Waals surface area contributed by atoms with Crippen LogP contribution < -0.4 is 0 Å². The van der Waals surface area contributed by atoms with Gasteiger partial charge in [0.1, 0.15) is 0 Å². The third kappa shape index (κ3) is 4.30. The normalized spacial score (nSPS) is 12.5. The number of carbonyl (C=O) groups is 1. The van der Waals surface area contributed by atoms with E-state index in [9.17, 15) is 20.2 Å². The monoisotopic (exact) mass is 370 g/mol. The molecule has 0 aliphatic heterocycles. The van der Waals surface area contributed by atoms with Gasteiger partial charge in [0.2, 0.25) is 0 Å². The number of carbonyl (C=O) groups excluding carboxylic acids is 1. The number of non-ortho nitro benzene ring substituents is 1. The quantitative estimate of drug-likeness (QED) is 0.323. The number of Topliss-reactive ketones (excluding diaryl/α,β-unsaturated/α-hetero) is 1. The highest BCUT2D eigenvalue weighted by Gasteiger charge is 2.28. The van der Waals surface area contributed by atoms with Crippen molar-refractivity contribution in [3.05, 3.63) is 112 Å². The summed E-state index contributed by atoms with van der Waals surface area (Å²) in [6.45, 7) is 0. The number of ketones is 1. The number of nitro groups is 1. The molecule has 0 aliphatic rings. The Balaban J connectivity index is 1.96. The summed E-state index contributed by atoms with van der Waals surface area (Å²) >= 11 is 0. The van der Waals surface area contributed by atoms with Crippen LogP contribution in [0.4, 0.5) is 5.69 Å². The number of hydrogen-bond acceptors (Lipinski definition) is 4. The molecule has 3 aromatic carbocycles. The molecule has 3 rings (SSSR count). The zero-order chi connectivity index (χ0) is 19.9. The molecule has 3 aromatic rings. The Hall–Kier alpha value is -3.78. The van der Waals surface area contributed by atoms with Crippen molar-refractivity contribution in [1.29, 1.82) is 5.26 Å². The zero-order valence-corrected chi connectivity index (χ0v) is 15.1. The van der Waals surface area contributed by atoms with E-state index >= 15 is 0 Å². The van der Waals surface area contributed by atoms with E-state index in [1.165, 1.54) is 12.1 Å². The van der Waals surface area contributed by atoms with Crippen molar-refractivity contribution in [1.82, 2.24) is 0 Å². The summed E-state index contributed by atoms with van der Waals surface area (Å²) in [6.07, 6.45) is 0.170. The van der Waals surface area contributed by atoms with Gasteiger partial charge in [-0.3, -0.25) is 14.9 Å². The first-order valence-corrected chi connectivity index (χ1v) is 8.87. The van der Waals surface area contributed by atoms with Gasteiger partial charge < -0.3 is 0 Å². The van der Waals surface area contributed by atoms with E-state index in [2.05, 4.69) is 6.07 Å². The van der Waals surface area contributed by atoms with Crippen molar-refractivity contribution in [3.8, 4) is 6.07 Å². The molecule has 2 atom stereocenters. The number of hydrogen-bond donors (Lipinski definition) is 0. The Kier molecular flexibility index (Phi) is 5.93. The van der Waals surface area contributed by atoms with Gasteiger partial charge in [-0.05, 0) is 11.1 Å². The topological polar surface area (TPSA) is 84.0 Å². The predicted molar refractivity (Wildman–Crippen MR) is 106 cm³/mol. The molecule has 138 valence electrons. The third-order valence-corrected chi connectivity index (χ3v) is 4.73. The molecule has 0 fully saturated rings. The van der Waals surface area contributed by atoms with Crippen LogP contribution in [0.2, 0.25) is 0 Å². The number of rotatable bonds is 7. The maximum absolute atomic E-state index is 12.8. The molecule has 28 heavy (non-hydrogen) atoms. The second-order valence-corrected chi connectivity index (χ2v) is 6.47. The number of nitrogens with zero attached hydrogens (tertiary/aromatic N) is 2. The molecule has 0 heterocycles. The number of nitro benzene ring substituents is 1. The molecule has 0 unspecified atom stereocenters. The molecule has 0 aromatic heterocycles. The van der Waals surface area contributed by atoms with Gasteiger partial charge in [0.25, 0.3) is 5.69 Å². The van der Waals surface area contributed by atoms with Gasteiger partial charge in [0, 0.05) is 30.0 Å². The fourth-order valence-corrected chi connectivity index (χ4v) is 3.27. The summed E-state index contributed by atoms with van der Waals surface area (Å²) in [7, 11) is 0. The van der Waals surface area contributed by atoms with Crippen LogP contribution >= 0.6 is 0 Å². The third-order valence-electron chi connectivity index (χ3n) is 4.73. The predicted octanol–water partition coefficient (Wildman–Crippen LogP) is 5.26. The highest BCUT2D eigenvalue weighted by atomic mass is 16.6. The van der Waals surface area contributed by atoms with Crippen molar-refractivity contribution in [2.24, 2.45) is 0 Å². The maximum Gasteiger partial charge on any atom is 0.269 e. The second kappa shape index (κ2) is 8.74. The van der Waals surface area contributed by atoms with Crippen molar-refractivity contribution in [2.45, 2.75) is 18.3 Å². The van der Waals surface area contributed by atoms with Crippen LogP contribution in [0.5, 0.6) is 0 Å². The van der Waals surface area contributed by atoms with E-state index < -0.39 is 10.8 Å². The Bertz CT molecular complexity index is 994. The minimum atomic E-state index is -0.601. The van der Waals surface area contributed by atoms with E-state index in [0.29, 0.717) is 11.1 Å². The van der Waals surface area contributed by atoms with Crippen LogP contribution in [-0.2, 0) is 0 Å². The first-order valence-electron chi connectivity index (χ1n) is 8.87. The van der Waals surface area contributed by atoms with E-state index in [0.717, 1.165) is 5.56 Å². The van der Waals surface area contributed by atoms with E-state index in [-0.39, 0.29) is 23.8 Å². The van der Waals surface area contributed by atoms with Gasteiger partial charge in [-0.1, -0.05) is 72.8 Å². The lowest BCUT2D eigenvalue weighted by atomic mass is 9.78. The summed E-state index contributed by atoms with van der Waals surface area (Å²) < 4.78 is 0. The molecule has 0 bridgehead atoms. The van der Waals surface area contributed by atoms with E-state index in [1.807, 2.05) is 48.5 Å². The fourth-order valence-electron chi connectivity index (χ4n) is 3.27. The number of benzene rings is 3. The van der Waals surface area contributed by atoms with Crippen molar-refractivity contribution in [3.63, 3.8) is 0 Å². The summed E-state index contributed by atoms with van der Waals surface area (Å²) in [5, 5.41) is 20.8. The van der Waals surface area contributed by atoms with Crippen LogP contribution in [0.25, 0.3) is 0 Å². The number of nitriles is 1. The Labute approximate surface area is 163 Å². The highest BCUT2D eigenvalue weighted by Crippen LogP contribution is 2.36. The van der Waals surface area contributed by atoms with Crippen LogP contribution in [0, 0.1) is 21.4 Å². The summed E-state index contributed by atoms with van der Waals surface area (Å²) in [6, 6.07) is 26.7. The largest absolute Gasteiger partial charge is 0.294 e. The van der Waals surface area contributed by atoms with Crippen LogP contribution in [-0.4, -0.2) is 10.7 Å². The van der Waals surface area contributed by atoms with Gasteiger partial charge in [0.05, 0.1) is 16.9 Å². The average molecular weight is 370 g/mol. The molecule has 0 radical (unpaired) electrons. The van der Waals surface area contributed by atoms with Crippen LogP contribution in [0.3, 0.4) is 0 Å².